The second kappa shape index (κ2) is 8.47. The lowest BCUT2D eigenvalue weighted by Gasteiger charge is -2.44. The van der Waals surface area contributed by atoms with Crippen molar-refractivity contribution in [1.29, 1.82) is 0 Å². The summed E-state index contributed by atoms with van der Waals surface area (Å²) in [7, 11) is 3.72. The van der Waals surface area contributed by atoms with Gasteiger partial charge in [0.05, 0.1) is 32.5 Å². The standard InChI is InChI=1S/C19H30N2O4/c1-20(17-12-25-13-18(22)19(17)23)15-7-9-21(10-8-15)11-14-3-5-16(24-2)6-4-14/h3-6,15,17-19,22-23H,7-13H2,1-2H3/t17-,18-,19+/m1/s1. The molecule has 2 aliphatic rings. The van der Waals surface area contributed by atoms with Crippen molar-refractivity contribution in [3.8, 4) is 5.75 Å². The van der Waals surface area contributed by atoms with Crippen LogP contribution in [0.4, 0.5) is 0 Å². The summed E-state index contributed by atoms with van der Waals surface area (Å²) in [6.45, 7) is 3.74. The van der Waals surface area contributed by atoms with Crippen LogP contribution in [0.25, 0.3) is 0 Å². The maximum atomic E-state index is 10.2. The number of aliphatic hydroxyl groups excluding tert-OH is 2. The normalized spacial score (nSPS) is 29.1. The van der Waals surface area contributed by atoms with E-state index < -0.39 is 12.2 Å². The summed E-state index contributed by atoms with van der Waals surface area (Å²) >= 11 is 0. The first-order valence-electron chi connectivity index (χ1n) is 9.09. The van der Waals surface area contributed by atoms with Crippen molar-refractivity contribution in [1.82, 2.24) is 9.80 Å². The predicted molar refractivity (Wildman–Crippen MR) is 95.7 cm³/mol. The van der Waals surface area contributed by atoms with Gasteiger partial charge in [-0.1, -0.05) is 12.1 Å². The molecular formula is C19H30N2O4. The van der Waals surface area contributed by atoms with Crippen molar-refractivity contribution in [2.45, 2.75) is 43.7 Å². The summed E-state index contributed by atoms with van der Waals surface area (Å²) in [5, 5.41) is 20.1. The molecule has 0 spiro atoms. The molecule has 1 aromatic carbocycles. The quantitative estimate of drug-likeness (QED) is 0.816. The van der Waals surface area contributed by atoms with E-state index in [-0.39, 0.29) is 12.6 Å². The van der Waals surface area contributed by atoms with Gasteiger partial charge in [0.15, 0.2) is 0 Å². The summed E-state index contributed by atoms with van der Waals surface area (Å²) in [6, 6.07) is 8.54. The second-order valence-electron chi connectivity index (χ2n) is 7.18. The Bertz CT molecular complexity index is 531. The van der Waals surface area contributed by atoms with Gasteiger partial charge < -0.3 is 19.7 Å². The van der Waals surface area contributed by atoms with Gasteiger partial charge >= 0.3 is 0 Å². The Hall–Kier alpha value is -1.18. The molecule has 0 radical (unpaired) electrons. The van der Waals surface area contributed by atoms with E-state index in [0.717, 1.165) is 38.2 Å². The van der Waals surface area contributed by atoms with E-state index in [1.54, 1.807) is 7.11 Å². The summed E-state index contributed by atoms with van der Waals surface area (Å²) < 4.78 is 10.6. The molecule has 25 heavy (non-hydrogen) atoms. The molecule has 1 aromatic rings. The molecular weight excluding hydrogens is 320 g/mol. The molecule has 0 bridgehead atoms. The number of hydrogen-bond acceptors (Lipinski definition) is 6. The number of likely N-dealkylation sites (N-methyl/N-ethyl adjacent to an activating group) is 1. The van der Waals surface area contributed by atoms with E-state index in [1.165, 1.54) is 5.56 Å². The smallest absolute Gasteiger partial charge is 0.118 e. The fourth-order valence-electron chi connectivity index (χ4n) is 3.87. The topological polar surface area (TPSA) is 65.4 Å². The molecule has 6 heteroatoms. The third-order valence-corrected chi connectivity index (χ3v) is 5.59. The SMILES string of the molecule is COc1ccc(CN2CCC(N(C)[C@@H]3COC[C@@H](O)[C@H]3O)CC2)cc1. The lowest BCUT2D eigenvalue weighted by molar-refractivity contribution is -0.137. The molecule has 0 aliphatic carbocycles. The summed E-state index contributed by atoms with van der Waals surface area (Å²) in [5.41, 5.74) is 1.30. The van der Waals surface area contributed by atoms with Crippen LogP contribution < -0.4 is 4.74 Å². The number of methoxy groups -OCH3 is 1. The Balaban J connectivity index is 1.49. The lowest BCUT2D eigenvalue weighted by atomic mass is 9.97. The first-order chi connectivity index (χ1) is 12.1. The Kier molecular flexibility index (Phi) is 6.30. The number of likely N-dealkylation sites (tertiary alicyclic amines) is 1. The van der Waals surface area contributed by atoms with Crippen LogP contribution >= 0.6 is 0 Å². The van der Waals surface area contributed by atoms with Crippen LogP contribution in [0.1, 0.15) is 18.4 Å². The molecule has 2 heterocycles. The fourth-order valence-corrected chi connectivity index (χ4v) is 3.87. The number of ether oxygens (including phenoxy) is 2. The van der Waals surface area contributed by atoms with Crippen molar-refractivity contribution >= 4 is 0 Å². The number of piperidine rings is 1. The van der Waals surface area contributed by atoms with Gasteiger partial charge in [-0.25, -0.2) is 0 Å². The summed E-state index contributed by atoms with van der Waals surface area (Å²) in [6.07, 6.45) is 0.616. The Morgan fingerprint density at radius 1 is 1.16 bits per heavy atom. The van der Waals surface area contributed by atoms with Crippen LogP contribution in [-0.4, -0.2) is 84.8 Å². The molecule has 2 fully saturated rings. The van der Waals surface area contributed by atoms with E-state index in [2.05, 4.69) is 21.9 Å². The third-order valence-electron chi connectivity index (χ3n) is 5.59. The molecule has 0 aromatic heterocycles. The first-order valence-corrected chi connectivity index (χ1v) is 9.09. The van der Waals surface area contributed by atoms with Gasteiger partial charge in [-0.15, -0.1) is 0 Å². The first kappa shape index (κ1) is 18.6. The van der Waals surface area contributed by atoms with Crippen molar-refractivity contribution in [3.05, 3.63) is 29.8 Å². The molecule has 0 amide bonds. The molecule has 3 atom stereocenters. The van der Waals surface area contributed by atoms with E-state index in [0.29, 0.717) is 12.6 Å². The van der Waals surface area contributed by atoms with E-state index in [9.17, 15) is 10.2 Å². The zero-order valence-electron chi connectivity index (χ0n) is 15.2. The third kappa shape index (κ3) is 4.51. The van der Waals surface area contributed by atoms with Crippen LogP contribution in [0.2, 0.25) is 0 Å². The Morgan fingerprint density at radius 3 is 2.48 bits per heavy atom. The maximum absolute atomic E-state index is 10.2. The molecule has 2 saturated heterocycles. The van der Waals surface area contributed by atoms with Crippen molar-refractivity contribution < 1.29 is 19.7 Å². The van der Waals surface area contributed by atoms with E-state index in [1.807, 2.05) is 19.2 Å². The highest BCUT2D eigenvalue weighted by atomic mass is 16.5. The van der Waals surface area contributed by atoms with Crippen molar-refractivity contribution in [2.75, 3.05) is 40.5 Å². The Labute approximate surface area is 149 Å². The largest absolute Gasteiger partial charge is 0.497 e. The molecule has 3 rings (SSSR count). The van der Waals surface area contributed by atoms with Crippen molar-refractivity contribution in [3.63, 3.8) is 0 Å². The maximum Gasteiger partial charge on any atom is 0.118 e. The van der Waals surface area contributed by atoms with Crippen LogP contribution in [0, 0.1) is 0 Å². The lowest BCUT2D eigenvalue weighted by Crippen LogP contribution is -2.58. The molecule has 2 N–H and O–H groups in total. The highest BCUT2D eigenvalue weighted by Crippen LogP contribution is 2.23. The van der Waals surface area contributed by atoms with Crippen LogP contribution in [-0.2, 0) is 11.3 Å². The minimum atomic E-state index is -0.781. The van der Waals surface area contributed by atoms with E-state index in [4.69, 9.17) is 9.47 Å². The number of nitrogens with zero attached hydrogens (tertiary/aromatic N) is 2. The minimum absolute atomic E-state index is 0.123. The molecule has 6 nitrogen and oxygen atoms in total. The molecule has 2 aliphatic heterocycles. The van der Waals surface area contributed by atoms with Gasteiger partial charge in [-0.05, 0) is 50.7 Å². The van der Waals surface area contributed by atoms with Gasteiger partial charge in [0.1, 0.15) is 11.9 Å². The van der Waals surface area contributed by atoms with Gasteiger partial charge in [0.25, 0.3) is 0 Å². The van der Waals surface area contributed by atoms with Crippen molar-refractivity contribution in [2.24, 2.45) is 0 Å². The summed E-state index contributed by atoms with van der Waals surface area (Å²) in [5.74, 6) is 0.888. The number of benzene rings is 1. The Morgan fingerprint density at radius 2 is 1.84 bits per heavy atom. The minimum Gasteiger partial charge on any atom is -0.497 e. The average molecular weight is 350 g/mol. The van der Waals surface area contributed by atoms with Gasteiger partial charge in [0, 0.05) is 12.6 Å². The average Bonchev–Trinajstić information content (AvgIpc) is 2.65. The molecule has 0 saturated carbocycles. The second-order valence-corrected chi connectivity index (χ2v) is 7.18. The fraction of sp³-hybridized carbons (Fsp3) is 0.684. The molecule has 140 valence electrons. The van der Waals surface area contributed by atoms with Gasteiger partial charge in [-0.2, -0.15) is 0 Å². The zero-order chi connectivity index (χ0) is 17.8. The van der Waals surface area contributed by atoms with Crippen LogP contribution in [0.15, 0.2) is 24.3 Å². The predicted octanol–water partition coefficient (Wildman–Crippen LogP) is 0.712. The molecule has 0 unspecified atom stereocenters. The van der Waals surface area contributed by atoms with E-state index >= 15 is 0 Å². The van der Waals surface area contributed by atoms with Gasteiger partial charge in [0.2, 0.25) is 0 Å². The number of aliphatic hydroxyl groups is 2. The zero-order valence-corrected chi connectivity index (χ0v) is 15.2. The number of hydrogen-bond donors (Lipinski definition) is 2. The summed E-state index contributed by atoms with van der Waals surface area (Å²) in [4.78, 5) is 4.67. The van der Waals surface area contributed by atoms with Crippen LogP contribution in [0.5, 0.6) is 5.75 Å². The van der Waals surface area contributed by atoms with Gasteiger partial charge in [-0.3, -0.25) is 9.80 Å². The monoisotopic (exact) mass is 350 g/mol. The van der Waals surface area contributed by atoms with Crippen LogP contribution in [0.3, 0.4) is 0 Å². The number of rotatable bonds is 5. The highest BCUT2D eigenvalue weighted by molar-refractivity contribution is 5.27. The highest BCUT2D eigenvalue weighted by Gasteiger charge is 2.37.